The molecule has 0 aromatic heterocycles. The molecule has 0 spiro atoms. The van der Waals surface area contributed by atoms with E-state index in [1.807, 2.05) is 5.32 Å². The Morgan fingerprint density at radius 1 is 1.58 bits per heavy atom. The molecule has 0 atom stereocenters. The van der Waals surface area contributed by atoms with Gasteiger partial charge in [-0.25, -0.2) is 8.96 Å². The van der Waals surface area contributed by atoms with Crippen molar-refractivity contribution in [2.24, 2.45) is 0 Å². The van der Waals surface area contributed by atoms with Crippen LogP contribution in [0.15, 0.2) is 0 Å². The van der Waals surface area contributed by atoms with Crippen molar-refractivity contribution >= 4 is 13.7 Å². The maximum absolute atomic E-state index is 11.4. The molecule has 72 valence electrons. The summed E-state index contributed by atoms with van der Waals surface area (Å²) in [6, 6.07) is 0. The molecule has 0 saturated heterocycles. The van der Waals surface area contributed by atoms with Crippen molar-refractivity contribution < 1.29 is 28.1 Å². The number of hydrogen-bond acceptors (Lipinski definition) is 3. The van der Waals surface area contributed by atoms with Crippen molar-refractivity contribution in [2.75, 3.05) is 19.8 Å². The summed E-state index contributed by atoms with van der Waals surface area (Å²) in [6.07, 6.45) is 0. The van der Waals surface area contributed by atoms with E-state index in [4.69, 9.17) is 9.79 Å². The summed E-state index contributed by atoms with van der Waals surface area (Å²) in [6.45, 7) is -1.64. The maximum atomic E-state index is 11.4. The molecule has 12 heavy (non-hydrogen) atoms. The standard InChI is InChI=1S/C4H9FNO5P/c5-3-4(7)6-1-2-11-12(8,9)10/h1-3H2,(H,6,7)(H2,8,9,10). The SMILES string of the molecule is O=C(CF)NCCOP(=O)(O)O. The van der Waals surface area contributed by atoms with E-state index < -0.39 is 20.4 Å². The monoisotopic (exact) mass is 201 g/mol. The molecular weight excluding hydrogens is 192 g/mol. The molecule has 1 amide bonds. The summed E-state index contributed by atoms with van der Waals surface area (Å²) >= 11 is 0. The molecule has 0 aliphatic rings. The zero-order chi connectivity index (χ0) is 9.61. The van der Waals surface area contributed by atoms with E-state index in [0.29, 0.717) is 0 Å². The van der Waals surface area contributed by atoms with Crippen LogP contribution in [0.1, 0.15) is 0 Å². The number of hydrogen-bond donors (Lipinski definition) is 3. The molecule has 0 saturated carbocycles. The minimum Gasteiger partial charge on any atom is -0.351 e. The third-order valence-electron chi connectivity index (χ3n) is 0.805. The summed E-state index contributed by atoms with van der Waals surface area (Å²) in [5, 5.41) is 2.02. The third kappa shape index (κ3) is 7.62. The highest BCUT2D eigenvalue weighted by molar-refractivity contribution is 7.46. The van der Waals surface area contributed by atoms with Gasteiger partial charge < -0.3 is 15.1 Å². The third-order valence-corrected chi connectivity index (χ3v) is 1.32. The van der Waals surface area contributed by atoms with Crippen LogP contribution in [0, 0.1) is 0 Å². The molecule has 0 rings (SSSR count). The first-order chi connectivity index (χ1) is 5.45. The topological polar surface area (TPSA) is 95.9 Å². The van der Waals surface area contributed by atoms with Crippen LogP contribution in [0.4, 0.5) is 4.39 Å². The molecule has 0 aliphatic carbocycles. The Morgan fingerprint density at radius 3 is 2.58 bits per heavy atom. The van der Waals surface area contributed by atoms with E-state index in [-0.39, 0.29) is 13.2 Å². The first-order valence-corrected chi connectivity index (χ1v) is 4.51. The van der Waals surface area contributed by atoms with Crippen molar-refractivity contribution in [1.29, 1.82) is 0 Å². The molecule has 6 nitrogen and oxygen atoms in total. The number of phosphoric acid groups is 1. The first-order valence-electron chi connectivity index (χ1n) is 2.98. The summed E-state index contributed by atoms with van der Waals surface area (Å²) in [7, 11) is -4.48. The maximum Gasteiger partial charge on any atom is 0.469 e. The van der Waals surface area contributed by atoms with Crippen LogP contribution in [0.5, 0.6) is 0 Å². The lowest BCUT2D eigenvalue weighted by atomic mass is 10.6. The number of carbonyl (C=O) groups is 1. The number of amides is 1. The first kappa shape index (κ1) is 11.5. The molecule has 0 fully saturated rings. The van der Waals surface area contributed by atoms with E-state index in [0.717, 1.165) is 0 Å². The van der Waals surface area contributed by atoms with Crippen LogP contribution >= 0.6 is 7.82 Å². The molecule has 0 aromatic rings. The largest absolute Gasteiger partial charge is 0.469 e. The van der Waals surface area contributed by atoms with Crippen molar-refractivity contribution in [3.8, 4) is 0 Å². The lowest BCUT2D eigenvalue weighted by molar-refractivity contribution is -0.122. The highest BCUT2D eigenvalue weighted by Gasteiger charge is 2.12. The lowest BCUT2D eigenvalue weighted by Crippen LogP contribution is -2.28. The number of halogens is 1. The minimum absolute atomic E-state index is 0.131. The molecule has 8 heteroatoms. The van der Waals surface area contributed by atoms with E-state index >= 15 is 0 Å². The molecule has 0 heterocycles. The van der Waals surface area contributed by atoms with Crippen LogP contribution < -0.4 is 5.32 Å². The normalized spacial score (nSPS) is 11.2. The van der Waals surface area contributed by atoms with Gasteiger partial charge in [0.2, 0.25) is 0 Å². The second kappa shape index (κ2) is 5.21. The van der Waals surface area contributed by atoms with Crippen LogP contribution in [0.2, 0.25) is 0 Å². The van der Waals surface area contributed by atoms with Gasteiger partial charge in [-0.15, -0.1) is 0 Å². The highest BCUT2D eigenvalue weighted by atomic mass is 31.2. The molecule has 0 unspecified atom stereocenters. The summed E-state index contributed by atoms with van der Waals surface area (Å²) in [4.78, 5) is 26.5. The van der Waals surface area contributed by atoms with Crippen molar-refractivity contribution in [3.05, 3.63) is 0 Å². The average Bonchev–Trinajstić information content (AvgIpc) is 1.96. The Hall–Kier alpha value is -0.490. The fraction of sp³-hybridized carbons (Fsp3) is 0.750. The number of nitrogens with one attached hydrogen (secondary N) is 1. The van der Waals surface area contributed by atoms with Crippen molar-refractivity contribution in [1.82, 2.24) is 5.32 Å². The minimum atomic E-state index is -4.48. The van der Waals surface area contributed by atoms with Gasteiger partial charge in [0.1, 0.15) is 0 Å². The van der Waals surface area contributed by atoms with Gasteiger partial charge in [-0.2, -0.15) is 0 Å². The molecule has 0 bridgehead atoms. The number of alkyl halides is 1. The van der Waals surface area contributed by atoms with Gasteiger partial charge in [0.25, 0.3) is 5.91 Å². The van der Waals surface area contributed by atoms with Gasteiger partial charge in [-0.3, -0.25) is 9.32 Å². The van der Waals surface area contributed by atoms with Crippen molar-refractivity contribution in [3.63, 3.8) is 0 Å². The fourth-order valence-corrected chi connectivity index (χ4v) is 0.731. The van der Waals surface area contributed by atoms with Crippen LogP contribution in [-0.4, -0.2) is 35.5 Å². The van der Waals surface area contributed by atoms with E-state index in [1.54, 1.807) is 0 Å². The number of rotatable bonds is 5. The quantitative estimate of drug-likeness (QED) is 0.399. The zero-order valence-electron chi connectivity index (χ0n) is 6.07. The van der Waals surface area contributed by atoms with Crippen LogP contribution in [0.3, 0.4) is 0 Å². The Bertz CT molecular complexity index is 192. The Labute approximate surface area is 68.0 Å². The lowest BCUT2D eigenvalue weighted by Gasteiger charge is -2.04. The molecular formula is C4H9FNO5P. The van der Waals surface area contributed by atoms with E-state index in [1.165, 1.54) is 0 Å². The predicted octanol–water partition coefficient (Wildman–Crippen LogP) is -0.819. The van der Waals surface area contributed by atoms with Gasteiger partial charge in [-0.05, 0) is 0 Å². The molecule has 0 aromatic carbocycles. The van der Waals surface area contributed by atoms with Gasteiger partial charge in [-0.1, -0.05) is 0 Å². The number of carbonyl (C=O) groups excluding carboxylic acids is 1. The highest BCUT2D eigenvalue weighted by Crippen LogP contribution is 2.34. The predicted molar refractivity (Wildman–Crippen MR) is 37.0 cm³/mol. The summed E-state index contributed by atoms with van der Waals surface area (Å²) < 4.78 is 25.4. The van der Waals surface area contributed by atoms with Gasteiger partial charge >= 0.3 is 7.82 Å². The van der Waals surface area contributed by atoms with Crippen LogP contribution in [-0.2, 0) is 13.9 Å². The van der Waals surface area contributed by atoms with Crippen LogP contribution in [0.25, 0.3) is 0 Å². The fourth-order valence-electron chi connectivity index (χ4n) is 0.402. The van der Waals surface area contributed by atoms with E-state index in [2.05, 4.69) is 4.52 Å². The second-order valence-electron chi connectivity index (χ2n) is 1.81. The average molecular weight is 201 g/mol. The molecule has 3 N–H and O–H groups in total. The summed E-state index contributed by atoms with van der Waals surface area (Å²) in [5.41, 5.74) is 0. The Kier molecular flexibility index (Phi) is 5.00. The zero-order valence-corrected chi connectivity index (χ0v) is 6.96. The van der Waals surface area contributed by atoms with Crippen molar-refractivity contribution in [2.45, 2.75) is 0 Å². The van der Waals surface area contributed by atoms with E-state index in [9.17, 15) is 13.8 Å². The van der Waals surface area contributed by atoms with Gasteiger partial charge in [0, 0.05) is 6.54 Å². The van der Waals surface area contributed by atoms with Gasteiger partial charge in [0.15, 0.2) is 6.67 Å². The molecule has 0 aliphatic heterocycles. The molecule has 0 radical (unpaired) electrons. The van der Waals surface area contributed by atoms with Gasteiger partial charge in [0.05, 0.1) is 6.61 Å². The Morgan fingerprint density at radius 2 is 2.17 bits per heavy atom. The Balaban J connectivity index is 3.34. The second-order valence-corrected chi connectivity index (χ2v) is 3.05. The number of phosphoric ester groups is 1. The smallest absolute Gasteiger partial charge is 0.351 e. The summed E-state index contributed by atoms with van der Waals surface area (Å²) in [5.74, 6) is -0.843.